The van der Waals surface area contributed by atoms with E-state index in [4.69, 9.17) is 27.9 Å². The largest absolute Gasteiger partial charge is 0.465 e. The predicted molar refractivity (Wildman–Crippen MR) is 83.6 cm³/mol. The fourth-order valence-electron chi connectivity index (χ4n) is 1.65. The molecule has 0 aliphatic heterocycles. The van der Waals surface area contributed by atoms with Gasteiger partial charge in [-0.05, 0) is 40.5 Å². The van der Waals surface area contributed by atoms with Crippen LogP contribution in [0.4, 0.5) is 0 Å². The molecule has 0 saturated heterocycles. The molecule has 0 amide bonds. The number of methoxy groups -OCH3 is 1. The summed E-state index contributed by atoms with van der Waals surface area (Å²) in [6.07, 6.45) is 0. The lowest BCUT2D eigenvalue weighted by atomic mass is 10.1. The SMILES string of the molecule is COC(=O)c1sc(-c2ccc(Cl)cc2Cl)c(C)c1Br. The molecule has 19 heavy (non-hydrogen) atoms. The Morgan fingerprint density at radius 1 is 1.37 bits per heavy atom. The molecule has 100 valence electrons. The van der Waals surface area contributed by atoms with Crippen LogP contribution in [0, 0.1) is 6.92 Å². The molecule has 0 N–H and O–H groups in total. The van der Waals surface area contributed by atoms with Gasteiger partial charge >= 0.3 is 5.97 Å². The molecular weight excluding hydrogens is 371 g/mol. The van der Waals surface area contributed by atoms with E-state index in [1.807, 2.05) is 13.0 Å². The lowest BCUT2D eigenvalue weighted by Gasteiger charge is -2.03. The molecule has 0 bridgehead atoms. The minimum Gasteiger partial charge on any atom is -0.465 e. The van der Waals surface area contributed by atoms with Gasteiger partial charge in [-0.15, -0.1) is 11.3 Å². The first-order chi connectivity index (χ1) is 8.95. The number of ether oxygens (including phenoxy) is 1. The number of hydrogen-bond acceptors (Lipinski definition) is 3. The van der Waals surface area contributed by atoms with Gasteiger partial charge in [0.05, 0.1) is 12.1 Å². The number of thiophene rings is 1. The first-order valence-electron chi connectivity index (χ1n) is 5.28. The molecular formula is C13H9BrCl2O2S. The lowest BCUT2D eigenvalue weighted by Crippen LogP contribution is -1.98. The van der Waals surface area contributed by atoms with Crippen LogP contribution in [-0.4, -0.2) is 13.1 Å². The van der Waals surface area contributed by atoms with E-state index in [1.165, 1.54) is 18.4 Å². The minimum absolute atomic E-state index is 0.365. The van der Waals surface area contributed by atoms with E-state index in [1.54, 1.807) is 12.1 Å². The fourth-order valence-corrected chi connectivity index (χ4v) is 4.10. The molecule has 0 spiro atoms. The van der Waals surface area contributed by atoms with Crippen LogP contribution in [0.3, 0.4) is 0 Å². The van der Waals surface area contributed by atoms with Crippen molar-refractivity contribution in [2.75, 3.05) is 7.11 Å². The average Bonchev–Trinajstić information content (AvgIpc) is 2.66. The van der Waals surface area contributed by atoms with Crippen molar-refractivity contribution in [1.29, 1.82) is 0 Å². The van der Waals surface area contributed by atoms with Crippen LogP contribution in [0.1, 0.15) is 15.2 Å². The van der Waals surface area contributed by atoms with Gasteiger partial charge in [0.2, 0.25) is 0 Å². The molecule has 2 nitrogen and oxygen atoms in total. The first kappa shape index (κ1) is 14.9. The molecule has 1 aromatic carbocycles. The molecule has 0 unspecified atom stereocenters. The zero-order chi connectivity index (χ0) is 14.2. The Balaban J connectivity index is 2.60. The van der Waals surface area contributed by atoms with Gasteiger partial charge in [-0.3, -0.25) is 0 Å². The Labute approximate surface area is 133 Å². The van der Waals surface area contributed by atoms with E-state index in [2.05, 4.69) is 15.9 Å². The maximum Gasteiger partial charge on any atom is 0.349 e. The summed E-state index contributed by atoms with van der Waals surface area (Å²) < 4.78 is 5.50. The summed E-state index contributed by atoms with van der Waals surface area (Å²) in [6.45, 7) is 1.92. The first-order valence-corrected chi connectivity index (χ1v) is 7.65. The van der Waals surface area contributed by atoms with Crippen molar-refractivity contribution < 1.29 is 9.53 Å². The Bertz CT molecular complexity index is 652. The molecule has 0 atom stereocenters. The monoisotopic (exact) mass is 378 g/mol. The molecule has 6 heteroatoms. The topological polar surface area (TPSA) is 26.3 Å². The second-order valence-electron chi connectivity index (χ2n) is 3.82. The van der Waals surface area contributed by atoms with Gasteiger partial charge in [-0.1, -0.05) is 29.3 Å². The van der Waals surface area contributed by atoms with Gasteiger partial charge in [0.25, 0.3) is 0 Å². The fraction of sp³-hybridized carbons (Fsp3) is 0.154. The van der Waals surface area contributed by atoms with Gasteiger partial charge in [-0.2, -0.15) is 0 Å². The maximum absolute atomic E-state index is 11.7. The number of hydrogen-bond donors (Lipinski definition) is 0. The Kier molecular flexibility index (Phi) is 4.56. The van der Waals surface area contributed by atoms with E-state index in [9.17, 15) is 4.79 Å². The average molecular weight is 380 g/mol. The highest BCUT2D eigenvalue weighted by Gasteiger charge is 2.21. The Morgan fingerprint density at radius 3 is 2.63 bits per heavy atom. The summed E-state index contributed by atoms with van der Waals surface area (Å²) in [5, 5.41) is 1.14. The number of rotatable bonds is 2. The zero-order valence-corrected chi connectivity index (χ0v) is 14.0. The maximum atomic E-state index is 11.7. The van der Waals surface area contributed by atoms with Crippen molar-refractivity contribution in [3.05, 3.63) is 43.2 Å². The number of halogens is 3. The zero-order valence-electron chi connectivity index (χ0n) is 10.1. The highest BCUT2D eigenvalue weighted by atomic mass is 79.9. The lowest BCUT2D eigenvalue weighted by molar-refractivity contribution is 0.0605. The van der Waals surface area contributed by atoms with Crippen molar-refractivity contribution >= 4 is 56.4 Å². The van der Waals surface area contributed by atoms with E-state index >= 15 is 0 Å². The van der Waals surface area contributed by atoms with Gasteiger partial charge in [0, 0.05) is 19.9 Å². The van der Waals surface area contributed by atoms with Crippen LogP contribution in [0.5, 0.6) is 0 Å². The van der Waals surface area contributed by atoms with Crippen LogP contribution in [0.25, 0.3) is 10.4 Å². The second-order valence-corrected chi connectivity index (χ2v) is 6.47. The molecule has 0 aliphatic carbocycles. The Morgan fingerprint density at radius 2 is 2.05 bits per heavy atom. The van der Waals surface area contributed by atoms with Gasteiger partial charge in [0.1, 0.15) is 4.88 Å². The van der Waals surface area contributed by atoms with E-state index in [-0.39, 0.29) is 5.97 Å². The molecule has 0 saturated carbocycles. The molecule has 1 heterocycles. The van der Waals surface area contributed by atoms with E-state index in [0.717, 1.165) is 20.5 Å². The predicted octanol–water partition coefficient (Wildman–Crippen LogP) is 5.58. The summed E-state index contributed by atoms with van der Waals surface area (Å²) in [7, 11) is 1.36. The van der Waals surface area contributed by atoms with Crippen molar-refractivity contribution in [2.45, 2.75) is 6.92 Å². The van der Waals surface area contributed by atoms with Crippen molar-refractivity contribution in [3.63, 3.8) is 0 Å². The van der Waals surface area contributed by atoms with Crippen molar-refractivity contribution in [2.24, 2.45) is 0 Å². The Hall–Kier alpha value is -0.550. The summed E-state index contributed by atoms with van der Waals surface area (Å²) in [4.78, 5) is 13.1. The summed E-state index contributed by atoms with van der Waals surface area (Å²) >= 11 is 16.9. The standard InChI is InChI=1S/C13H9BrCl2O2S/c1-6-10(14)12(13(17)18-2)19-11(6)8-4-3-7(15)5-9(8)16/h3-5H,1-2H3. The molecule has 0 radical (unpaired) electrons. The summed E-state index contributed by atoms with van der Waals surface area (Å²) in [6, 6.07) is 5.30. The molecule has 0 fully saturated rings. The normalized spacial score (nSPS) is 10.6. The molecule has 0 aliphatic rings. The van der Waals surface area contributed by atoms with Crippen molar-refractivity contribution in [3.8, 4) is 10.4 Å². The van der Waals surface area contributed by atoms with Gasteiger partial charge in [-0.25, -0.2) is 4.79 Å². The van der Waals surface area contributed by atoms with Crippen molar-refractivity contribution in [1.82, 2.24) is 0 Å². The summed E-state index contributed by atoms with van der Waals surface area (Å²) in [5.41, 5.74) is 1.80. The van der Waals surface area contributed by atoms with Crippen LogP contribution in [-0.2, 0) is 4.74 Å². The quantitative estimate of drug-likeness (QED) is 0.636. The smallest absolute Gasteiger partial charge is 0.349 e. The van der Waals surface area contributed by atoms with Gasteiger partial charge in [0.15, 0.2) is 0 Å². The highest BCUT2D eigenvalue weighted by Crippen LogP contribution is 2.42. The minimum atomic E-state index is -0.365. The number of esters is 1. The third-order valence-electron chi connectivity index (χ3n) is 2.62. The number of carbonyl (C=O) groups excluding carboxylic acids is 1. The third-order valence-corrected chi connectivity index (χ3v) is 5.73. The third kappa shape index (κ3) is 2.82. The highest BCUT2D eigenvalue weighted by molar-refractivity contribution is 9.10. The van der Waals surface area contributed by atoms with Crippen LogP contribution >= 0.6 is 50.5 Å². The molecule has 2 rings (SSSR count). The summed E-state index contributed by atoms with van der Waals surface area (Å²) in [5.74, 6) is -0.365. The van der Waals surface area contributed by atoms with Crippen LogP contribution < -0.4 is 0 Å². The second kappa shape index (κ2) is 5.83. The van der Waals surface area contributed by atoms with E-state index < -0.39 is 0 Å². The number of carbonyl (C=O) groups is 1. The van der Waals surface area contributed by atoms with Crippen LogP contribution in [0.2, 0.25) is 10.0 Å². The van der Waals surface area contributed by atoms with Gasteiger partial charge < -0.3 is 4.74 Å². The number of benzene rings is 1. The molecule has 2 aromatic rings. The van der Waals surface area contributed by atoms with Crippen LogP contribution in [0.15, 0.2) is 22.7 Å². The van der Waals surface area contributed by atoms with E-state index in [0.29, 0.717) is 14.9 Å². The molecule has 1 aromatic heterocycles.